The lowest BCUT2D eigenvalue weighted by molar-refractivity contribution is 0.0592. The molecule has 3 aromatic rings. The number of aromatic nitrogens is 4. The zero-order chi connectivity index (χ0) is 17.8. The first-order chi connectivity index (χ1) is 12.1. The van der Waals surface area contributed by atoms with Gasteiger partial charge in [0.1, 0.15) is 5.15 Å². The van der Waals surface area contributed by atoms with Crippen molar-refractivity contribution in [3.05, 3.63) is 65.0 Å². The Labute approximate surface area is 149 Å². The van der Waals surface area contributed by atoms with Crippen LogP contribution in [0.25, 0.3) is 5.69 Å². The minimum Gasteiger partial charge on any atom is -0.464 e. The Morgan fingerprint density at radius 2 is 2.08 bits per heavy atom. The molecule has 1 N–H and O–H groups in total. The molecule has 25 heavy (non-hydrogen) atoms. The maximum atomic E-state index is 12.0. The largest absolute Gasteiger partial charge is 0.464 e. The molecule has 0 unspecified atom stereocenters. The van der Waals surface area contributed by atoms with Gasteiger partial charge >= 0.3 is 5.97 Å². The summed E-state index contributed by atoms with van der Waals surface area (Å²) in [6.07, 6.45) is 5.07. The van der Waals surface area contributed by atoms with Gasteiger partial charge in [0, 0.05) is 24.0 Å². The number of hydrogen-bond acceptors (Lipinski definition) is 6. The molecule has 0 fully saturated rings. The van der Waals surface area contributed by atoms with Gasteiger partial charge in [0.05, 0.1) is 30.9 Å². The third kappa shape index (κ3) is 3.95. The molecule has 0 spiro atoms. The van der Waals surface area contributed by atoms with Crippen LogP contribution >= 0.6 is 11.6 Å². The third-order valence-electron chi connectivity index (χ3n) is 3.54. The lowest BCUT2D eigenvalue weighted by atomic mass is 10.2. The molecule has 0 bridgehead atoms. The van der Waals surface area contributed by atoms with E-state index < -0.39 is 5.97 Å². The summed E-state index contributed by atoms with van der Waals surface area (Å²) < 4.78 is 6.39. The summed E-state index contributed by atoms with van der Waals surface area (Å²) in [5.41, 5.74) is 3.41. The van der Waals surface area contributed by atoms with E-state index in [1.165, 1.54) is 7.11 Å². The molecule has 3 aromatic heterocycles. The smallest absolute Gasteiger partial charge is 0.358 e. The van der Waals surface area contributed by atoms with Crippen molar-refractivity contribution in [1.29, 1.82) is 0 Å². The summed E-state index contributed by atoms with van der Waals surface area (Å²) in [5.74, 6) is -0.500. The number of aryl methyl sites for hydroxylation is 1. The highest BCUT2D eigenvalue weighted by molar-refractivity contribution is 6.29. The number of methoxy groups -OCH3 is 1. The van der Waals surface area contributed by atoms with Crippen LogP contribution in [-0.4, -0.2) is 32.8 Å². The topological polar surface area (TPSA) is 81.9 Å². The van der Waals surface area contributed by atoms with E-state index in [0.29, 0.717) is 22.9 Å². The van der Waals surface area contributed by atoms with E-state index in [0.717, 1.165) is 11.4 Å². The van der Waals surface area contributed by atoms with Gasteiger partial charge in [-0.25, -0.2) is 14.5 Å². The van der Waals surface area contributed by atoms with E-state index in [9.17, 15) is 4.79 Å². The first-order valence-electron chi connectivity index (χ1n) is 7.52. The van der Waals surface area contributed by atoms with Crippen LogP contribution in [0.5, 0.6) is 0 Å². The van der Waals surface area contributed by atoms with Gasteiger partial charge in [-0.3, -0.25) is 4.98 Å². The van der Waals surface area contributed by atoms with Gasteiger partial charge in [-0.15, -0.1) is 0 Å². The lowest BCUT2D eigenvalue weighted by Crippen LogP contribution is -2.08. The second kappa shape index (κ2) is 7.31. The van der Waals surface area contributed by atoms with E-state index in [2.05, 4.69) is 20.4 Å². The van der Waals surface area contributed by atoms with Crippen molar-refractivity contribution in [3.8, 4) is 5.69 Å². The molecule has 0 aliphatic rings. The Bertz CT molecular complexity index is 875. The van der Waals surface area contributed by atoms with E-state index in [1.54, 1.807) is 35.4 Å². The van der Waals surface area contributed by atoms with Crippen molar-refractivity contribution >= 4 is 23.3 Å². The molecule has 8 heteroatoms. The number of ether oxygens (including phenoxy) is 1. The number of anilines is 1. The van der Waals surface area contributed by atoms with E-state index in [4.69, 9.17) is 16.3 Å². The number of nitrogens with one attached hydrogen (secondary N) is 1. The molecule has 128 valence electrons. The van der Waals surface area contributed by atoms with E-state index in [-0.39, 0.29) is 5.69 Å². The fourth-order valence-electron chi connectivity index (χ4n) is 2.21. The summed E-state index contributed by atoms with van der Waals surface area (Å²) in [6, 6.07) is 7.26. The third-order valence-corrected chi connectivity index (χ3v) is 3.76. The van der Waals surface area contributed by atoms with Crippen LogP contribution in [0, 0.1) is 6.92 Å². The number of esters is 1. The van der Waals surface area contributed by atoms with Gasteiger partial charge in [0.15, 0.2) is 5.69 Å². The van der Waals surface area contributed by atoms with Crippen molar-refractivity contribution in [2.24, 2.45) is 0 Å². The first kappa shape index (κ1) is 16.9. The predicted molar refractivity (Wildman–Crippen MR) is 94.0 cm³/mol. The number of carbonyl (C=O) groups is 1. The zero-order valence-corrected chi connectivity index (χ0v) is 14.5. The second-order valence-corrected chi connectivity index (χ2v) is 5.71. The van der Waals surface area contributed by atoms with Crippen molar-refractivity contribution in [3.63, 3.8) is 0 Å². The van der Waals surface area contributed by atoms with Crippen LogP contribution in [0.3, 0.4) is 0 Å². The molecular formula is C17H16ClN5O2. The van der Waals surface area contributed by atoms with Crippen molar-refractivity contribution in [2.75, 3.05) is 12.4 Å². The van der Waals surface area contributed by atoms with Gasteiger partial charge in [0.25, 0.3) is 0 Å². The monoisotopic (exact) mass is 357 g/mol. The SMILES string of the molecule is COC(=O)c1nn(-c2ccc(Cl)nc2)cc1CNc1ccc(C)nc1. The number of carbonyl (C=O) groups excluding carboxylic acids is 1. The molecule has 3 heterocycles. The van der Waals surface area contributed by atoms with Gasteiger partial charge in [-0.2, -0.15) is 5.10 Å². The minimum atomic E-state index is -0.500. The first-order valence-corrected chi connectivity index (χ1v) is 7.90. The second-order valence-electron chi connectivity index (χ2n) is 5.32. The maximum Gasteiger partial charge on any atom is 0.358 e. The van der Waals surface area contributed by atoms with Gasteiger partial charge in [-0.05, 0) is 31.2 Å². The van der Waals surface area contributed by atoms with Gasteiger partial charge < -0.3 is 10.1 Å². The average molecular weight is 358 g/mol. The van der Waals surface area contributed by atoms with E-state index >= 15 is 0 Å². The zero-order valence-electron chi connectivity index (χ0n) is 13.7. The Morgan fingerprint density at radius 1 is 1.24 bits per heavy atom. The fraction of sp³-hybridized carbons (Fsp3) is 0.176. The molecule has 0 aromatic carbocycles. The van der Waals surface area contributed by atoms with Crippen LogP contribution in [0.4, 0.5) is 5.69 Å². The molecule has 0 amide bonds. The normalized spacial score (nSPS) is 10.5. The summed E-state index contributed by atoms with van der Waals surface area (Å²) in [4.78, 5) is 20.3. The van der Waals surface area contributed by atoms with Crippen LogP contribution in [-0.2, 0) is 11.3 Å². The molecule has 0 saturated heterocycles. The van der Waals surface area contributed by atoms with Crippen LogP contribution < -0.4 is 5.32 Å². The number of nitrogens with zero attached hydrogens (tertiary/aromatic N) is 4. The van der Waals surface area contributed by atoms with Crippen LogP contribution in [0.1, 0.15) is 21.7 Å². The molecule has 0 radical (unpaired) electrons. The summed E-state index contributed by atoms with van der Waals surface area (Å²) in [6.45, 7) is 2.32. The van der Waals surface area contributed by atoms with Crippen LogP contribution in [0.2, 0.25) is 5.15 Å². The standard InChI is InChI=1S/C17H16ClN5O2/c1-11-3-4-13(8-19-11)20-7-12-10-23(22-16(12)17(24)25-2)14-5-6-15(18)21-9-14/h3-6,8-10,20H,7H2,1-2H3. The van der Waals surface area contributed by atoms with Gasteiger partial charge in [0.2, 0.25) is 0 Å². The molecular weight excluding hydrogens is 342 g/mol. The van der Waals surface area contributed by atoms with Gasteiger partial charge in [-0.1, -0.05) is 11.6 Å². The Kier molecular flexibility index (Phi) is 4.95. The maximum absolute atomic E-state index is 12.0. The molecule has 0 saturated carbocycles. The molecule has 0 aliphatic heterocycles. The quantitative estimate of drug-likeness (QED) is 0.558. The Hall–Kier alpha value is -2.93. The lowest BCUT2D eigenvalue weighted by Gasteiger charge is -2.05. The molecule has 3 rings (SSSR count). The number of hydrogen-bond donors (Lipinski definition) is 1. The Morgan fingerprint density at radius 3 is 2.72 bits per heavy atom. The Balaban J connectivity index is 1.87. The number of pyridine rings is 2. The molecule has 0 aliphatic carbocycles. The number of halogens is 1. The average Bonchev–Trinajstić information content (AvgIpc) is 3.05. The predicted octanol–water partition coefficient (Wildman–Crippen LogP) is 3.02. The summed E-state index contributed by atoms with van der Waals surface area (Å²) in [5, 5.41) is 7.92. The van der Waals surface area contributed by atoms with Crippen molar-refractivity contribution in [2.45, 2.75) is 13.5 Å². The van der Waals surface area contributed by atoms with Crippen molar-refractivity contribution < 1.29 is 9.53 Å². The summed E-state index contributed by atoms with van der Waals surface area (Å²) >= 11 is 5.81. The molecule has 7 nitrogen and oxygen atoms in total. The number of rotatable bonds is 5. The molecule has 0 atom stereocenters. The highest BCUT2D eigenvalue weighted by atomic mass is 35.5. The summed E-state index contributed by atoms with van der Waals surface area (Å²) in [7, 11) is 1.33. The van der Waals surface area contributed by atoms with Crippen LogP contribution in [0.15, 0.2) is 42.9 Å². The fourth-order valence-corrected chi connectivity index (χ4v) is 2.32. The minimum absolute atomic E-state index is 0.241. The van der Waals surface area contributed by atoms with Crippen molar-refractivity contribution in [1.82, 2.24) is 19.7 Å². The highest BCUT2D eigenvalue weighted by Gasteiger charge is 2.18. The van der Waals surface area contributed by atoms with E-state index in [1.807, 2.05) is 19.1 Å². The highest BCUT2D eigenvalue weighted by Crippen LogP contribution is 2.16.